The lowest BCUT2D eigenvalue weighted by atomic mass is 10.3. The molecule has 0 unspecified atom stereocenters. The van der Waals surface area contributed by atoms with Gasteiger partial charge in [-0.25, -0.2) is 0 Å². The molecule has 12 heterocycles. The van der Waals surface area contributed by atoms with Crippen LogP contribution in [0.5, 0.6) is 0 Å². The largest absolute Gasteiger partial charge is 0.319 e. The van der Waals surface area contributed by atoms with Gasteiger partial charge in [-0.05, 0) is 146 Å². The Morgan fingerprint density at radius 1 is 0.135 bits per heavy atom. The maximum Gasteiger partial charge on any atom is 0.0886 e. The van der Waals surface area contributed by atoms with Crippen LogP contribution in [0.25, 0.3) is 125 Å². The van der Waals surface area contributed by atoms with Crippen molar-refractivity contribution in [2.24, 2.45) is 0 Å². The molecule has 0 radical (unpaired) electrons. The summed E-state index contributed by atoms with van der Waals surface area (Å²) in [6.45, 7) is 0. The third-order valence-corrected chi connectivity index (χ3v) is 17.8. The summed E-state index contributed by atoms with van der Waals surface area (Å²) in [6, 6.07) is 53.3. The SMILES string of the molecule is CN(C)n1cccc1-c1ccc(-c2ccc(-c3ccc(-c4ccc(-c5ccc(-c6ccc(-c7ccc(-c8ccc(-c9ccc(-c%10ccc(-c%11cccn%11N(C)C)n%10N(C)C)n9N(C)C)n8N(C)C)n7N(C)C)n6N(C)C)n5N(C)C)n4N(C)C)n3N(C)C)n2N(C)C)n1N(C)C. The van der Waals surface area contributed by atoms with E-state index >= 15 is 0 Å². The van der Waals surface area contributed by atoms with E-state index in [-0.39, 0.29) is 0 Å². The Morgan fingerprint density at radius 2 is 0.240 bits per heavy atom. The average molecular weight is 1300 g/mol. The topological polar surface area (TPSA) is 98.0 Å². The fourth-order valence-electron chi connectivity index (χ4n) is 14.3. The van der Waals surface area contributed by atoms with Crippen LogP contribution in [0.4, 0.5) is 0 Å². The molecule has 12 aromatic heterocycles. The lowest BCUT2D eigenvalue weighted by Gasteiger charge is -2.29. The van der Waals surface area contributed by atoms with Gasteiger partial charge in [0.1, 0.15) is 0 Å². The number of aromatic nitrogens is 12. The van der Waals surface area contributed by atoms with Gasteiger partial charge < -0.3 is 60.1 Å². The highest BCUT2D eigenvalue weighted by Crippen LogP contribution is 2.42. The van der Waals surface area contributed by atoms with Gasteiger partial charge in [-0.3, -0.25) is 56.1 Å². The highest BCUT2D eigenvalue weighted by atomic mass is 15.6. The fraction of sp³-hybridized carbons (Fsp3) is 0.333. The van der Waals surface area contributed by atoms with Crippen molar-refractivity contribution in [3.63, 3.8) is 0 Å². The van der Waals surface area contributed by atoms with Crippen molar-refractivity contribution in [1.29, 1.82) is 0 Å². The van der Waals surface area contributed by atoms with Crippen LogP contribution >= 0.6 is 0 Å². The summed E-state index contributed by atoms with van der Waals surface area (Å²) in [7, 11) is 50.5. The van der Waals surface area contributed by atoms with Gasteiger partial charge in [-0.1, -0.05) is 0 Å². The standard InChI is InChI=1S/C72H98N24/c1-73(2)85-49-25-27-51(85)53-29-31-55(87(53)75(5)6)57-33-35-59(89(57)77(9)10)61-37-39-63(91(61)79(13)14)65-41-43-67(93(65)81(17)18)69-45-47-71(95(69)83(21)22)72-48-46-70(96(72)84(23)24)68-44-42-66(94(68)82(19)20)64-40-38-62(92(64)80(15)16)60-36-34-58(90(60)78(11)12)56-32-30-54(88(56)76(7)8)52-28-26-50-86(52)74(3)4/h25-50H,1-24H3. The Morgan fingerprint density at radius 3 is 0.333 bits per heavy atom. The second kappa shape index (κ2) is 24.7. The van der Waals surface area contributed by atoms with Crippen LogP contribution in [-0.2, 0) is 0 Å². The fourth-order valence-corrected chi connectivity index (χ4v) is 14.3. The molecule has 0 aliphatic rings. The first-order valence-electron chi connectivity index (χ1n) is 32.3. The van der Waals surface area contributed by atoms with E-state index in [4.69, 9.17) is 0 Å². The summed E-state index contributed by atoms with van der Waals surface area (Å²) in [5.41, 5.74) is 23.3. The molecule has 12 aromatic rings. The molecule has 12 rings (SSSR count). The number of rotatable bonds is 23. The second-order valence-electron chi connectivity index (χ2n) is 26.8. The Labute approximate surface area is 566 Å². The lowest BCUT2D eigenvalue weighted by molar-refractivity contribution is 0.689. The van der Waals surface area contributed by atoms with E-state index in [1.807, 2.05) is 0 Å². The summed E-state index contributed by atoms with van der Waals surface area (Å²) in [4.78, 5) is 0. The van der Waals surface area contributed by atoms with Crippen LogP contribution < -0.4 is 60.1 Å². The minimum absolute atomic E-state index is 1.04. The molecule has 96 heavy (non-hydrogen) atoms. The first-order valence-corrected chi connectivity index (χ1v) is 32.3. The molecule has 0 saturated heterocycles. The number of nitrogens with zero attached hydrogens (tertiary/aromatic N) is 24. The number of hydrogen-bond acceptors (Lipinski definition) is 12. The van der Waals surface area contributed by atoms with E-state index in [0.29, 0.717) is 0 Å². The molecular weight excluding hydrogens is 1200 g/mol. The van der Waals surface area contributed by atoms with E-state index in [1.54, 1.807) is 0 Å². The molecule has 0 spiro atoms. The van der Waals surface area contributed by atoms with Crippen molar-refractivity contribution >= 4 is 0 Å². The van der Waals surface area contributed by atoms with Gasteiger partial charge in [-0.2, -0.15) is 0 Å². The zero-order chi connectivity index (χ0) is 68.9. The molecule has 0 fully saturated rings. The summed E-state index contributed by atoms with van der Waals surface area (Å²) < 4.78 is 27.5. The first kappa shape index (κ1) is 65.0. The summed E-state index contributed by atoms with van der Waals surface area (Å²) in [5, 5.41) is 25.9. The Balaban J connectivity index is 0.914. The van der Waals surface area contributed by atoms with Crippen LogP contribution in [0.15, 0.2) is 158 Å². The van der Waals surface area contributed by atoms with Crippen molar-refractivity contribution in [3.8, 4) is 125 Å². The normalized spacial score (nSPS) is 11.5. The molecule has 0 bridgehead atoms. The predicted molar refractivity (Wildman–Crippen MR) is 403 cm³/mol. The van der Waals surface area contributed by atoms with Crippen LogP contribution in [0, 0.1) is 0 Å². The van der Waals surface area contributed by atoms with E-state index < -0.39 is 0 Å². The molecule has 0 atom stereocenters. The Hall–Kier alpha value is -11.0. The molecule has 506 valence electrons. The van der Waals surface area contributed by atoms with Crippen LogP contribution in [0.2, 0.25) is 0 Å². The molecule has 0 N–H and O–H groups in total. The zero-order valence-electron chi connectivity index (χ0n) is 60.7. The van der Waals surface area contributed by atoms with Crippen molar-refractivity contribution in [3.05, 3.63) is 158 Å². The minimum Gasteiger partial charge on any atom is -0.319 e. The molecule has 24 heteroatoms. The highest BCUT2D eigenvalue weighted by Gasteiger charge is 2.31. The van der Waals surface area contributed by atoms with Crippen LogP contribution in [0.1, 0.15) is 0 Å². The molecule has 0 aliphatic carbocycles. The predicted octanol–water partition coefficient (Wildman–Crippen LogP) is 8.01. The maximum atomic E-state index is 2.32. The van der Waals surface area contributed by atoms with E-state index in [9.17, 15) is 0 Å². The maximum absolute atomic E-state index is 2.32. The van der Waals surface area contributed by atoms with Crippen molar-refractivity contribution in [2.75, 3.05) is 229 Å². The third kappa shape index (κ3) is 10.4. The van der Waals surface area contributed by atoms with Crippen molar-refractivity contribution in [2.45, 2.75) is 0 Å². The summed E-state index contributed by atoms with van der Waals surface area (Å²) in [5.74, 6) is 0. The molecule has 0 aromatic carbocycles. The lowest BCUT2D eigenvalue weighted by Crippen LogP contribution is -2.33. The van der Waals surface area contributed by atoms with Crippen LogP contribution in [-0.4, -0.2) is 225 Å². The molecular formula is C72H98N24. The van der Waals surface area contributed by atoms with Crippen LogP contribution in [0.3, 0.4) is 0 Å². The number of hydrogen-bond donors (Lipinski definition) is 0. The van der Waals surface area contributed by atoms with Crippen molar-refractivity contribution < 1.29 is 0 Å². The Bertz CT molecular complexity index is 4420. The smallest absolute Gasteiger partial charge is 0.0886 e. The van der Waals surface area contributed by atoms with E-state index in [2.05, 4.69) is 443 Å². The monoisotopic (exact) mass is 1300 g/mol. The second-order valence-corrected chi connectivity index (χ2v) is 26.8. The van der Waals surface area contributed by atoms with Gasteiger partial charge in [-0.15, -0.1) is 0 Å². The molecule has 0 amide bonds. The highest BCUT2D eigenvalue weighted by molar-refractivity contribution is 5.80. The summed E-state index contributed by atoms with van der Waals surface area (Å²) in [6.07, 6.45) is 4.19. The molecule has 24 nitrogen and oxygen atoms in total. The third-order valence-electron chi connectivity index (χ3n) is 17.8. The summed E-state index contributed by atoms with van der Waals surface area (Å²) >= 11 is 0. The van der Waals surface area contributed by atoms with Gasteiger partial charge in [0.15, 0.2) is 0 Å². The van der Waals surface area contributed by atoms with Gasteiger partial charge in [0, 0.05) is 182 Å². The van der Waals surface area contributed by atoms with Gasteiger partial charge in [0.2, 0.25) is 0 Å². The van der Waals surface area contributed by atoms with Gasteiger partial charge in [0.25, 0.3) is 0 Å². The zero-order valence-corrected chi connectivity index (χ0v) is 60.7. The van der Waals surface area contributed by atoms with Gasteiger partial charge in [0.05, 0.1) is 125 Å². The first-order chi connectivity index (χ1) is 45.7. The van der Waals surface area contributed by atoms with Gasteiger partial charge >= 0.3 is 0 Å². The minimum atomic E-state index is 1.04. The van der Waals surface area contributed by atoms with Crippen molar-refractivity contribution in [1.82, 2.24) is 56.1 Å². The van der Waals surface area contributed by atoms with E-state index in [0.717, 1.165) is 125 Å². The Kier molecular flexibility index (Phi) is 16.7. The van der Waals surface area contributed by atoms with E-state index in [1.165, 1.54) is 0 Å². The molecule has 0 aliphatic heterocycles. The average Bonchev–Trinajstić information content (AvgIpc) is 1.59. The quantitative estimate of drug-likeness (QED) is 0.0621. The molecule has 0 saturated carbocycles.